The number of hydrogen-bond donors (Lipinski definition) is 1. The molecule has 0 amide bonds. The molecule has 2 heteroatoms. The van der Waals surface area contributed by atoms with Gasteiger partial charge in [0.15, 0.2) is 0 Å². The fourth-order valence-electron chi connectivity index (χ4n) is 3.91. The molecule has 0 spiro atoms. The average molecular weight is 274 g/mol. The summed E-state index contributed by atoms with van der Waals surface area (Å²) in [6, 6.07) is 4.86. The molecule has 0 aromatic carbocycles. The van der Waals surface area contributed by atoms with Crippen molar-refractivity contribution in [2.45, 2.75) is 59.9 Å². The third kappa shape index (κ3) is 2.50. The van der Waals surface area contributed by atoms with E-state index in [1.807, 2.05) is 12.4 Å². The topological polar surface area (TPSA) is 24.9 Å². The van der Waals surface area contributed by atoms with Crippen LogP contribution in [0.5, 0.6) is 0 Å². The Morgan fingerprint density at radius 1 is 1.15 bits per heavy atom. The van der Waals surface area contributed by atoms with Crippen molar-refractivity contribution in [1.29, 1.82) is 0 Å². The van der Waals surface area contributed by atoms with E-state index in [2.05, 4.69) is 64.0 Å². The molecule has 1 saturated carbocycles. The predicted octanol–water partition coefficient (Wildman–Crippen LogP) is 4.24. The van der Waals surface area contributed by atoms with E-state index in [-0.39, 0.29) is 0 Å². The van der Waals surface area contributed by atoms with Gasteiger partial charge in [-0.1, -0.05) is 41.5 Å². The molecule has 1 fully saturated rings. The zero-order chi connectivity index (χ0) is 15.0. The molecule has 1 heterocycles. The Kier molecular flexibility index (Phi) is 4.24. The Labute approximate surface area is 124 Å². The lowest BCUT2D eigenvalue weighted by Gasteiger charge is -2.28. The fraction of sp³-hybridized carbons (Fsp3) is 0.722. The van der Waals surface area contributed by atoms with Crippen LogP contribution >= 0.6 is 0 Å². The van der Waals surface area contributed by atoms with Gasteiger partial charge in [-0.05, 0) is 53.3 Å². The van der Waals surface area contributed by atoms with E-state index >= 15 is 0 Å². The smallest absolute Gasteiger partial charge is 0.0270 e. The van der Waals surface area contributed by atoms with Crippen LogP contribution in [0.15, 0.2) is 24.5 Å². The summed E-state index contributed by atoms with van der Waals surface area (Å²) in [4.78, 5) is 4.15. The molecule has 112 valence electrons. The Morgan fingerprint density at radius 2 is 1.70 bits per heavy atom. The van der Waals surface area contributed by atoms with Crippen LogP contribution in [0.25, 0.3) is 0 Å². The molecule has 2 nitrogen and oxygen atoms in total. The second kappa shape index (κ2) is 5.48. The highest BCUT2D eigenvalue weighted by molar-refractivity contribution is 5.24. The lowest BCUT2D eigenvalue weighted by atomic mass is 9.87. The third-order valence-electron chi connectivity index (χ3n) is 5.89. The molecule has 2 rings (SSSR count). The summed E-state index contributed by atoms with van der Waals surface area (Å²) in [6.07, 6.45) is 5.00. The number of aromatic nitrogens is 1. The summed E-state index contributed by atoms with van der Waals surface area (Å²) in [5, 5.41) is 3.82. The predicted molar refractivity (Wildman–Crippen MR) is 85.8 cm³/mol. The number of rotatable bonds is 6. The minimum absolute atomic E-state index is 0.416. The van der Waals surface area contributed by atoms with Gasteiger partial charge in [-0.15, -0.1) is 0 Å². The van der Waals surface area contributed by atoms with Crippen molar-refractivity contribution in [3.8, 4) is 0 Å². The first kappa shape index (κ1) is 15.5. The molecule has 1 aliphatic rings. The molecule has 1 aliphatic carbocycles. The molecular weight excluding hydrogens is 244 g/mol. The van der Waals surface area contributed by atoms with Gasteiger partial charge < -0.3 is 5.32 Å². The highest BCUT2D eigenvalue weighted by Gasteiger charge is 2.67. The molecule has 0 aliphatic heterocycles. The van der Waals surface area contributed by atoms with E-state index in [4.69, 9.17) is 0 Å². The first-order valence-corrected chi connectivity index (χ1v) is 7.97. The summed E-state index contributed by atoms with van der Waals surface area (Å²) in [5.74, 6) is 1.25. The van der Waals surface area contributed by atoms with Crippen LogP contribution in [-0.4, -0.2) is 17.6 Å². The standard InChI is InChI=1S/C18H30N2/c1-7-10-20-15(16-17(3,4)18(16,5)6)13(2)14-8-11-19-12-9-14/h8-9,11-13,15-16,20H,7,10H2,1-6H3. The highest BCUT2D eigenvalue weighted by atomic mass is 15.0. The number of nitrogens with zero attached hydrogens (tertiary/aromatic N) is 1. The molecule has 20 heavy (non-hydrogen) atoms. The van der Waals surface area contributed by atoms with Crippen molar-refractivity contribution in [3.63, 3.8) is 0 Å². The Bertz CT molecular complexity index is 422. The van der Waals surface area contributed by atoms with E-state index < -0.39 is 0 Å². The Balaban J connectivity index is 2.21. The van der Waals surface area contributed by atoms with E-state index in [9.17, 15) is 0 Å². The largest absolute Gasteiger partial charge is 0.313 e. The molecular formula is C18H30N2. The SMILES string of the molecule is CCCNC(C(C)c1ccncc1)C1C(C)(C)C1(C)C. The average Bonchev–Trinajstić information content (AvgIpc) is 2.82. The van der Waals surface area contributed by atoms with Crippen molar-refractivity contribution in [1.82, 2.24) is 10.3 Å². The van der Waals surface area contributed by atoms with Crippen LogP contribution in [-0.2, 0) is 0 Å². The quantitative estimate of drug-likeness (QED) is 0.839. The molecule has 0 bridgehead atoms. The van der Waals surface area contributed by atoms with E-state index in [0.717, 1.165) is 12.5 Å². The molecule has 1 aromatic rings. The summed E-state index contributed by atoms with van der Waals surface area (Å²) in [6.45, 7) is 15.4. The molecule has 1 N–H and O–H groups in total. The minimum Gasteiger partial charge on any atom is -0.313 e. The van der Waals surface area contributed by atoms with Gasteiger partial charge in [-0.3, -0.25) is 4.98 Å². The van der Waals surface area contributed by atoms with Crippen LogP contribution in [0.4, 0.5) is 0 Å². The first-order valence-electron chi connectivity index (χ1n) is 7.97. The van der Waals surface area contributed by atoms with Gasteiger partial charge in [0.25, 0.3) is 0 Å². The molecule has 0 saturated heterocycles. The number of pyridine rings is 1. The first-order chi connectivity index (χ1) is 9.34. The Morgan fingerprint density at radius 3 is 2.15 bits per heavy atom. The van der Waals surface area contributed by atoms with E-state index in [0.29, 0.717) is 22.8 Å². The highest BCUT2D eigenvalue weighted by Crippen LogP contribution is 2.70. The lowest BCUT2D eigenvalue weighted by molar-refractivity contribution is 0.354. The van der Waals surface area contributed by atoms with Crippen molar-refractivity contribution >= 4 is 0 Å². The van der Waals surface area contributed by atoms with Crippen molar-refractivity contribution in [2.24, 2.45) is 16.7 Å². The van der Waals surface area contributed by atoms with E-state index in [1.165, 1.54) is 12.0 Å². The van der Waals surface area contributed by atoms with Crippen LogP contribution in [0, 0.1) is 16.7 Å². The van der Waals surface area contributed by atoms with Crippen molar-refractivity contribution in [3.05, 3.63) is 30.1 Å². The molecule has 0 radical (unpaired) electrons. The van der Waals surface area contributed by atoms with E-state index in [1.54, 1.807) is 0 Å². The van der Waals surface area contributed by atoms with Crippen LogP contribution in [0.3, 0.4) is 0 Å². The maximum Gasteiger partial charge on any atom is 0.0270 e. The van der Waals surface area contributed by atoms with Gasteiger partial charge in [0, 0.05) is 18.4 Å². The zero-order valence-electron chi connectivity index (χ0n) is 13.9. The minimum atomic E-state index is 0.416. The van der Waals surface area contributed by atoms with Crippen molar-refractivity contribution in [2.75, 3.05) is 6.54 Å². The van der Waals surface area contributed by atoms with Gasteiger partial charge >= 0.3 is 0 Å². The van der Waals surface area contributed by atoms with Crippen molar-refractivity contribution < 1.29 is 0 Å². The summed E-state index contributed by atoms with van der Waals surface area (Å²) in [7, 11) is 0. The molecule has 2 unspecified atom stereocenters. The fourth-order valence-corrected chi connectivity index (χ4v) is 3.91. The maximum atomic E-state index is 4.15. The number of nitrogens with one attached hydrogen (secondary N) is 1. The lowest BCUT2D eigenvalue weighted by Crippen LogP contribution is -2.38. The summed E-state index contributed by atoms with van der Waals surface area (Å²) in [5.41, 5.74) is 2.23. The monoisotopic (exact) mass is 274 g/mol. The van der Waals surface area contributed by atoms with Gasteiger partial charge in [-0.2, -0.15) is 0 Å². The van der Waals surface area contributed by atoms with Gasteiger partial charge in [0.05, 0.1) is 0 Å². The second-order valence-electron chi connectivity index (χ2n) is 7.47. The zero-order valence-corrected chi connectivity index (χ0v) is 13.9. The van der Waals surface area contributed by atoms with Crippen LogP contribution in [0.2, 0.25) is 0 Å². The summed E-state index contributed by atoms with van der Waals surface area (Å²) < 4.78 is 0. The second-order valence-corrected chi connectivity index (χ2v) is 7.47. The molecule has 1 aromatic heterocycles. The molecule has 2 atom stereocenters. The maximum absolute atomic E-state index is 4.15. The van der Waals surface area contributed by atoms with Crippen LogP contribution in [0.1, 0.15) is 59.4 Å². The van der Waals surface area contributed by atoms with Gasteiger partial charge in [0.2, 0.25) is 0 Å². The normalized spacial score (nSPS) is 23.3. The summed E-state index contributed by atoms with van der Waals surface area (Å²) >= 11 is 0. The Hall–Kier alpha value is -0.890. The van der Waals surface area contributed by atoms with Gasteiger partial charge in [0.1, 0.15) is 0 Å². The number of hydrogen-bond acceptors (Lipinski definition) is 2. The third-order valence-corrected chi connectivity index (χ3v) is 5.89. The van der Waals surface area contributed by atoms with Gasteiger partial charge in [-0.25, -0.2) is 0 Å². The van der Waals surface area contributed by atoms with Crippen LogP contribution < -0.4 is 5.32 Å².